The molecule has 4 N–H and O–H groups in total. The predicted molar refractivity (Wildman–Crippen MR) is 46.3 cm³/mol. The van der Waals surface area contributed by atoms with Crippen molar-refractivity contribution in [3.05, 3.63) is 23.8 Å². The van der Waals surface area contributed by atoms with Gasteiger partial charge < -0.3 is 16.2 Å². The van der Waals surface area contributed by atoms with E-state index in [1.165, 1.54) is 0 Å². The van der Waals surface area contributed by atoms with Gasteiger partial charge in [-0.3, -0.25) is 0 Å². The third kappa shape index (κ3) is 1.62. The summed E-state index contributed by atoms with van der Waals surface area (Å²) in [6.45, 7) is 0.0151. The van der Waals surface area contributed by atoms with Crippen LogP contribution in [-0.2, 0) is 6.61 Å². The van der Waals surface area contributed by atoms with E-state index < -0.39 is 0 Å². The highest BCUT2D eigenvalue weighted by molar-refractivity contribution is 5.57. The molecule has 0 heterocycles. The van der Waals surface area contributed by atoms with Crippen molar-refractivity contribution in [1.82, 2.24) is 0 Å². The summed E-state index contributed by atoms with van der Waals surface area (Å²) >= 11 is 0. The largest absolute Gasteiger partial charge is 0.399 e. The number of aliphatic hydroxyl groups is 1. The van der Waals surface area contributed by atoms with Gasteiger partial charge in [-0.25, -0.2) is 0 Å². The second kappa shape index (κ2) is 3.25. The Morgan fingerprint density at radius 2 is 2.27 bits per heavy atom. The zero-order valence-corrected chi connectivity index (χ0v) is 6.46. The lowest BCUT2D eigenvalue weighted by Crippen LogP contribution is -1.96. The van der Waals surface area contributed by atoms with Crippen LogP contribution < -0.4 is 11.1 Å². The van der Waals surface area contributed by atoms with Gasteiger partial charge in [0.15, 0.2) is 0 Å². The summed E-state index contributed by atoms with van der Waals surface area (Å²) in [6, 6.07) is 5.40. The minimum absolute atomic E-state index is 0.0151. The third-order valence-corrected chi connectivity index (χ3v) is 1.57. The number of rotatable bonds is 2. The number of nitrogen functional groups attached to an aromatic ring is 1. The summed E-state index contributed by atoms with van der Waals surface area (Å²) in [5, 5.41) is 11.8. The molecule has 1 aromatic rings. The summed E-state index contributed by atoms with van der Waals surface area (Å²) in [5.41, 5.74) is 7.94. The molecular weight excluding hydrogens is 140 g/mol. The van der Waals surface area contributed by atoms with Crippen LogP contribution in [-0.4, -0.2) is 12.2 Å². The monoisotopic (exact) mass is 152 g/mol. The van der Waals surface area contributed by atoms with Gasteiger partial charge in [-0.1, -0.05) is 0 Å². The van der Waals surface area contributed by atoms with E-state index in [0.717, 1.165) is 11.3 Å². The zero-order chi connectivity index (χ0) is 8.27. The molecule has 0 unspecified atom stereocenters. The molecule has 0 spiro atoms. The fourth-order valence-corrected chi connectivity index (χ4v) is 0.988. The van der Waals surface area contributed by atoms with Gasteiger partial charge in [0, 0.05) is 24.0 Å². The van der Waals surface area contributed by atoms with Crippen molar-refractivity contribution in [1.29, 1.82) is 0 Å². The summed E-state index contributed by atoms with van der Waals surface area (Å²) < 4.78 is 0. The molecule has 0 fully saturated rings. The van der Waals surface area contributed by atoms with E-state index in [4.69, 9.17) is 10.8 Å². The Morgan fingerprint density at radius 1 is 1.55 bits per heavy atom. The molecule has 1 aromatic carbocycles. The van der Waals surface area contributed by atoms with Crippen molar-refractivity contribution in [3.8, 4) is 0 Å². The first-order valence-corrected chi connectivity index (χ1v) is 3.45. The van der Waals surface area contributed by atoms with Crippen LogP contribution in [0.15, 0.2) is 18.2 Å². The molecule has 0 saturated heterocycles. The summed E-state index contributed by atoms with van der Waals surface area (Å²) in [6.07, 6.45) is 0. The lowest BCUT2D eigenvalue weighted by molar-refractivity contribution is 0.282. The highest BCUT2D eigenvalue weighted by atomic mass is 16.3. The number of nitrogens with two attached hydrogens (primary N) is 1. The van der Waals surface area contributed by atoms with Gasteiger partial charge >= 0.3 is 0 Å². The number of hydrogen-bond acceptors (Lipinski definition) is 3. The molecule has 0 aliphatic rings. The Bertz CT molecular complexity index is 248. The molecule has 3 heteroatoms. The standard InChI is InChI=1S/C8H12N2O/c1-10-8-3-2-7(9)4-6(8)5-11/h2-4,10-11H,5,9H2,1H3. The van der Waals surface area contributed by atoms with Crippen LogP contribution in [0.5, 0.6) is 0 Å². The van der Waals surface area contributed by atoms with E-state index in [2.05, 4.69) is 5.32 Å². The number of aliphatic hydroxyl groups excluding tert-OH is 1. The highest BCUT2D eigenvalue weighted by Gasteiger charge is 1.98. The molecule has 11 heavy (non-hydrogen) atoms. The molecule has 1 rings (SSSR count). The minimum Gasteiger partial charge on any atom is -0.399 e. The van der Waals surface area contributed by atoms with Crippen LogP contribution in [0, 0.1) is 0 Å². The number of hydrogen-bond donors (Lipinski definition) is 3. The second-order valence-electron chi connectivity index (χ2n) is 2.32. The van der Waals surface area contributed by atoms with Gasteiger partial charge in [-0.2, -0.15) is 0 Å². The highest BCUT2D eigenvalue weighted by Crippen LogP contribution is 2.17. The van der Waals surface area contributed by atoms with Crippen LogP contribution in [0.25, 0.3) is 0 Å². The molecule has 0 aromatic heterocycles. The Balaban J connectivity index is 3.06. The molecule has 0 amide bonds. The van der Waals surface area contributed by atoms with E-state index in [9.17, 15) is 0 Å². The van der Waals surface area contributed by atoms with E-state index in [1.54, 1.807) is 12.1 Å². The first-order valence-electron chi connectivity index (χ1n) is 3.45. The van der Waals surface area contributed by atoms with E-state index in [1.807, 2.05) is 13.1 Å². The number of nitrogens with one attached hydrogen (secondary N) is 1. The predicted octanol–water partition coefficient (Wildman–Crippen LogP) is 0.803. The fourth-order valence-electron chi connectivity index (χ4n) is 0.988. The lowest BCUT2D eigenvalue weighted by Gasteiger charge is -2.06. The van der Waals surface area contributed by atoms with Crippen LogP contribution in [0.3, 0.4) is 0 Å². The molecule has 0 radical (unpaired) electrons. The Morgan fingerprint density at radius 3 is 2.82 bits per heavy atom. The van der Waals surface area contributed by atoms with Crippen LogP contribution in [0.1, 0.15) is 5.56 Å². The summed E-state index contributed by atoms with van der Waals surface area (Å²) in [4.78, 5) is 0. The summed E-state index contributed by atoms with van der Waals surface area (Å²) in [7, 11) is 1.81. The van der Waals surface area contributed by atoms with Crippen molar-refractivity contribution < 1.29 is 5.11 Å². The molecule has 0 saturated carbocycles. The minimum atomic E-state index is 0.0151. The van der Waals surface area contributed by atoms with Crippen LogP contribution in [0.2, 0.25) is 0 Å². The van der Waals surface area contributed by atoms with E-state index in [-0.39, 0.29) is 6.61 Å². The maximum absolute atomic E-state index is 8.88. The fraction of sp³-hybridized carbons (Fsp3) is 0.250. The van der Waals surface area contributed by atoms with Crippen molar-refractivity contribution in [2.24, 2.45) is 0 Å². The normalized spacial score (nSPS) is 9.64. The van der Waals surface area contributed by atoms with Gasteiger partial charge in [-0.05, 0) is 18.2 Å². The van der Waals surface area contributed by atoms with Gasteiger partial charge in [0.05, 0.1) is 6.61 Å². The maximum atomic E-state index is 8.88. The first-order chi connectivity index (χ1) is 5.27. The van der Waals surface area contributed by atoms with E-state index in [0.29, 0.717) is 5.69 Å². The van der Waals surface area contributed by atoms with Gasteiger partial charge in [0.25, 0.3) is 0 Å². The molecular formula is C8H12N2O. The molecule has 0 bridgehead atoms. The third-order valence-electron chi connectivity index (χ3n) is 1.57. The van der Waals surface area contributed by atoms with Crippen LogP contribution >= 0.6 is 0 Å². The maximum Gasteiger partial charge on any atom is 0.0702 e. The number of benzene rings is 1. The van der Waals surface area contributed by atoms with Gasteiger partial charge in [-0.15, -0.1) is 0 Å². The van der Waals surface area contributed by atoms with Crippen molar-refractivity contribution >= 4 is 11.4 Å². The van der Waals surface area contributed by atoms with E-state index >= 15 is 0 Å². The Labute approximate surface area is 65.8 Å². The first kappa shape index (κ1) is 7.88. The average molecular weight is 152 g/mol. The van der Waals surface area contributed by atoms with Crippen molar-refractivity contribution in [2.75, 3.05) is 18.1 Å². The molecule has 0 atom stereocenters. The number of anilines is 2. The van der Waals surface area contributed by atoms with Gasteiger partial charge in [0.2, 0.25) is 0 Å². The topological polar surface area (TPSA) is 58.3 Å². The van der Waals surface area contributed by atoms with Gasteiger partial charge in [0.1, 0.15) is 0 Å². The van der Waals surface area contributed by atoms with Crippen molar-refractivity contribution in [2.45, 2.75) is 6.61 Å². The second-order valence-corrected chi connectivity index (χ2v) is 2.32. The van der Waals surface area contributed by atoms with Crippen LogP contribution in [0.4, 0.5) is 11.4 Å². The molecule has 0 aliphatic carbocycles. The lowest BCUT2D eigenvalue weighted by atomic mass is 10.1. The van der Waals surface area contributed by atoms with Crippen molar-refractivity contribution in [3.63, 3.8) is 0 Å². The Kier molecular flexibility index (Phi) is 2.33. The quantitative estimate of drug-likeness (QED) is 0.549. The Hall–Kier alpha value is -1.22. The molecule has 3 nitrogen and oxygen atoms in total. The zero-order valence-electron chi connectivity index (χ0n) is 6.46. The SMILES string of the molecule is CNc1ccc(N)cc1CO. The molecule has 60 valence electrons. The molecule has 0 aliphatic heterocycles. The summed E-state index contributed by atoms with van der Waals surface area (Å²) in [5.74, 6) is 0. The smallest absolute Gasteiger partial charge is 0.0702 e. The average Bonchev–Trinajstić information content (AvgIpc) is 2.04.